The lowest BCUT2D eigenvalue weighted by atomic mass is 9.84. The lowest BCUT2D eigenvalue weighted by Crippen LogP contribution is -1.96. The van der Waals surface area contributed by atoms with E-state index in [1.807, 2.05) is 0 Å². The van der Waals surface area contributed by atoms with E-state index in [2.05, 4.69) is 110 Å². The van der Waals surface area contributed by atoms with E-state index in [0.717, 1.165) is 22.9 Å². The minimum atomic E-state index is 0.962. The normalized spacial score (nSPS) is 10.9. The standard InChI is InChI=1S/C30H22/c1-3-21-12-10-11-17-27(21)30-26(4-2)28-19-24-16-9-8-15-23(24)18-25(28)20-29(30)22-13-6-5-7-14-22/h2,5-20H,3H2,1H3. The van der Waals surface area contributed by atoms with Gasteiger partial charge in [-0.25, -0.2) is 0 Å². The molecule has 0 aliphatic carbocycles. The zero-order valence-corrected chi connectivity index (χ0v) is 17.0. The Morgan fingerprint density at radius 2 is 1.33 bits per heavy atom. The van der Waals surface area contributed by atoms with Crippen molar-refractivity contribution in [3.63, 3.8) is 0 Å². The van der Waals surface area contributed by atoms with Crippen molar-refractivity contribution in [2.24, 2.45) is 0 Å². The molecule has 5 aromatic rings. The fourth-order valence-electron chi connectivity index (χ4n) is 4.44. The molecule has 5 rings (SSSR count). The molecule has 0 saturated heterocycles. The van der Waals surface area contributed by atoms with Gasteiger partial charge in [0.05, 0.1) is 0 Å². The van der Waals surface area contributed by atoms with Gasteiger partial charge < -0.3 is 0 Å². The fourth-order valence-corrected chi connectivity index (χ4v) is 4.44. The number of aryl methyl sites for hydroxylation is 1. The Morgan fingerprint density at radius 1 is 0.667 bits per heavy atom. The summed E-state index contributed by atoms with van der Waals surface area (Å²) in [5.74, 6) is 3.06. The van der Waals surface area contributed by atoms with E-state index in [4.69, 9.17) is 6.42 Å². The van der Waals surface area contributed by atoms with E-state index >= 15 is 0 Å². The molecule has 0 nitrogen and oxygen atoms in total. The molecule has 30 heavy (non-hydrogen) atoms. The summed E-state index contributed by atoms with van der Waals surface area (Å²) in [6, 6.07) is 34.5. The molecule has 0 aliphatic heterocycles. The summed E-state index contributed by atoms with van der Waals surface area (Å²) in [6.07, 6.45) is 7.15. The van der Waals surface area contributed by atoms with E-state index in [1.165, 1.54) is 38.4 Å². The smallest absolute Gasteiger partial charge is 0.0406 e. The third-order valence-corrected chi connectivity index (χ3v) is 5.90. The number of rotatable bonds is 3. The highest BCUT2D eigenvalue weighted by Gasteiger charge is 2.18. The van der Waals surface area contributed by atoms with Crippen LogP contribution in [-0.4, -0.2) is 0 Å². The summed E-state index contributed by atoms with van der Waals surface area (Å²) in [7, 11) is 0. The lowest BCUT2D eigenvalue weighted by Gasteiger charge is -2.19. The van der Waals surface area contributed by atoms with Gasteiger partial charge in [-0.05, 0) is 68.4 Å². The molecule has 0 aliphatic rings. The molecule has 0 unspecified atom stereocenters. The Hall–Kier alpha value is -3.82. The van der Waals surface area contributed by atoms with Crippen LogP contribution in [0.2, 0.25) is 0 Å². The number of hydrogen-bond acceptors (Lipinski definition) is 0. The van der Waals surface area contributed by atoms with Crippen molar-refractivity contribution in [3.8, 4) is 34.6 Å². The molecule has 0 radical (unpaired) electrons. The van der Waals surface area contributed by atoms with Gasteiger partial charge in [-0.2, -0.15) is 0 Å². The first-order valence-corrected chi connectivity index (χ1v) is 10.4. The van der Waals surface area contributed by atoms with E-state index in [9.17, 15) is 0 Å². The molecule has 0 atom stereocenters. The van der Waals surface area contributed by atoms with Crippen LogP contribution < -0.4 is 0 Å². The summed E-state index contributed by atoms with van der Waals surface area (Å²) < 4.78 is 0. The van der Waals surface area contributed by atoms with Gasteiger partial charge in [-0.3, -0.25) is 0 Å². The average molecular weight is 383 g/mol. The van der Waals surface area contributed by atoms with Crippen LogP contribution in [0.1, 0.15) is 18.1 Å². The predicted octanol–water partition coefficient (Wildman–Crippen LogP) is 7.87. The molecule has 0 aromatic heterocycles. The Bertz CT molecular complexity index is 1420. The van der Waals surface area contributed by atoms with Crippen molar-refractivity contribution in [1.82, 2.24) is 0 Å². The van der Waals surface area contributed by atoms with Crippen LogP contribution in [0.25, 0.3) is 43.8 Å². The van der Waals surface area contributed by atoms with Gasteiger partial charge in [0.1, 0.15) is 0 Å². The molecule has 0 amide bonds. The van der Waals surface area contributed by atoms with Gasteiger partial charge in [-0.1, -0.05) is 91.7 Å². The Labute approximate surface area is 177 Å². The SMILES string of the molecule is C#Cc1c(-c2ccccc2CC)c(-c2ccccc2)cc2cc3ccccc3cc12. The maximum Gasteiger partial charge on any atom is 0.0406 e. The first kappa shape index (κ1) is 18.2. The Kier molecular flexibility index (Phi) is 4.58. The summed E-state index contributed by atoms with van der Waals surface area (Å²) in [5.41, 5.74) is 7.03. The minimum absolute atomic E-state index is 0.962. The van der Waals surface area contributed by atoms with E-state index in [-0.39, 0.29) is 0 Å². The topological polar surface area (TPSA) is 0 Å². The van der Waals surface area contributed by atoms with Gasteiger partial charge >= 0.3 is 0 Å². The van der Waals surface area contributed by atoms with E-state index in [1.54, 1.807) is 0 Å². The third kappa shape index (κ3) is 2.97. The van der Waals surface area contributed by atoms with Crippen LogP contribution in [0.15, 0.2) is 97.1 Å². The molecular formula is C30H22. The maximum absolute atomic E-state index is 6.19. The van der Waals surface area contributed by atoms with Crippen molar-refractivity contribution < 1.29 is 0 Å². The summed E-state index contributed by atoms with van der Waals surface area (Å²) in [4.78, 5) is 0. The summed E-state index contributed by atoms with van der Waals surface area (Å²) >= 11 is 0. The van der Waals surface area contributed by atoms with E-state index in [0.29, 0.717) is 0 Å². The average Bonchev–Trinajstić information content (AvgIpc) is 2.82. The zero-order chi connectivity index (χ0) is 20.5. The second kappa shape index (κ2) is 7.54. The highest BCUT2D eigenvalue weighted by Crippen LogP contribution is 2.41. The van der Waals surface area contributed by atoms with Crippen molar-refractivity contribution in [2.75, 3.05) is 0 Å². The molecule has 0 heteroatoms. The largest absolute Gasteiger partial charge is 0.115 e. The van der Waals surface area contributed by atoms with E-state index < -0.39 is 0 Å². The molecule has 0 N–H and O–H groups in total. The summed E-state index contributed by atoms with van der Waals surface area (Å²) in [6.45, 7) is 2.20. The molecule has 0 bridgehead atoms. The van der Waals surface area contributed by atoms with Gasteiger partial charge in [0, 0.05) is 11.1 Å². The molecule has 5 aromatic carbocycles. The maximum atomic E-state index is 6.19. The first-order chi connectivity index (χ1) is 14.8. The fraction of sp³-hybridized carbons (Fsp3) is 0.0667. The number of benzene rings is 5. The molecule has 0 spiro atoms. The second-order valence-electron chi connectivity index (χ2n) is 7.62. The minimum Gasteiger partial charge on any atom is -0.115 e. The molecular weight excluding hydrogens is 360 g/mol. The van der Waals surface area contributed by atoms with Crippen LogP contribution in [0.4, 0.5) is 0 Å². The van der Waals surface area contributed by atoms with Crippen molar-refractivity contribution >= 4 is 21.5 Å². The Balaban J connectivity index is 1.97. The highest BCUT2D eigenvalue weighted by atomic mass is 14.2. The first-order valence-electron chi connectivity index (χ1n) is 10.4. The zero-order valence-electron chi connectivity index (χ0n) is 17.0. The summed E-state index contributed by atoms with van der Waals surface area (Å²) in [5, 5.41) is 4.76. The molecule has 0 saturated carbocycles. The Morgan fingerprint density at radius 3 is 2.07 bits per heavy atom. The second-order valence-corrected chi connectivity index (χ2v) is 7.62. The van der Waals surface area contributed by atoms with Crippen molar-refractivity contribution in [3.05, 3.63) is 108 Å². The quantitative estimate of drug-likeness (QED) is 0.220. The van der Waals surface area contributed by atoms with Crippen molar-refractivity contribution in [2.45, 2.75) is 13.3 Å². The number of hydrogen-bond donors (Lipinski definition) is 0. The molecule has 0 fully saturated rings. The van der Waals surface area contributed by atoms with Crippen molar-refractivity contribution in [1.29, 1.82) is 0 Å². The molecule has 0 heterocycles. The van der Waals surface area contributed by atoms with Crippen LogP contribution in [-0.2, 0) is 6.42 Å². The van der Waals surface area contributed by atoms with Gasteiger partial charge in [0.2, 0.25) is 0 Å². The van der Waals surface area contributed by atoms with Gasteiger partial charge in [0.25, 0.3) is 0 Å². The number of terminal acetylenes is 1. The highest BCUT2D eigenvalue weighted by molar-refractivity contribution is 6.07. The lowest BCUT2D eigenvalue weighted by molar-refractivity contribution is 1.14. The van der Waals surface area contributed by atoms with Gasteiger partial charge in [-0.15, -0.1) is 6.42 Å². The van der Waals surface area contributed by atoms with Crippen LogP contribution in [0, 0.1) is 12.3 Å². The van der Waals surface area contributed by atoms with Crippen LogP contribution in [0.3, 0.4) is 0 Å². The monoisotopic (exact) mass is 382 g/mol. The van der Waals surface area contributed by atoms with Crippen LogP contribution >= 0.6 is 0 Å². The number of fused-ring (bicyclic) bond motifs is 2. The van der Waals surface area contributed by atoms with Crippen LogP contribution in [0.5, 0.6) is 0 Å². The molecule has 142 valence electrons. The van der Waals surface area contributed by atoms with Gasteiger partial charge in [0.15, 0.2) is 0 Å². The third-order valence-electron chi connectivity index (χ3n) is 5.90. The predicted molar refractivity (Wildman–Crippen MR) is 130 cm³/mol.